The lowest BCUT2D eigenvalue weighted by Gasteiger charge is -1.96. The lowest BCUT2D eigenvalue weighted by Crippen LogP contribution is -2.07. The fourth-order valence-corrected chi connectivity index (χ4v) is 2.37. The van der Waals surface area contributed by atoms with Gasteiger partial charge in [-0.2, -0.15) is 0 Å². The zero-order chi connectivity index (χ0) is 13.0. The Hall–Kier alpha value is -0.570. The Morgan fingerprint density at radius 1 is 0.765 bits per heavy atom. The van der Waals surface area contributed by atoms with Crippen LogP contribution in [0.2, 0.25) is 0 Å². The highest BCUT2D eigenvalue weighted by Crippen LogP contribution is 1.99. The van der Waals surface area contributed by atoms with Crippen molar-refractivity contribution in [3.05, 3.63) is 24.3 Å². The van der Waals surface area contributed by atoms with Crippen molar-refractivity contribution in [2.24, 2.45) is 0 Å². The van der Waals surface area contributed by atoms with Gasteiger partial charge in [0.05, 0.1) is 11.5 Å². The zero-order valence-corrected chi connectivity index (χ0v) is 12.0. The maximum Gasteiger partial charge on any atom is 0.157 e. The van der Waals surface area contributed by atoms with Gasteiger partial charge in [0, 0.05) is 0 Å². The summed E-state index contributed by atoms with van der Waals surface area (Å²) in [5.41, 5.74) is 0. The standard InChI is InChI=1S/C14H26O2S/c1-3-5-7-9-11-13-17(15,16)14-12-10-8-6-4-2/h9-12H,3-8,13-14H2,1-2H3. The number of sulfone groups is 1. The molecule has 0 radical (unpaired) electrons. The minimum atomic E-state index is -2.93. The van der Waals surface area contributed by atoms with Crippen LogP contribution in [0.4, 0.5) is 0 Å². The van der Waals surface area contributed by atoms with Crippen molar-refractivity contribution in [2.75, 3.05) is 11.5 Å². The first kappa shape index (κ1) is 16.4. The number of allylic oxidation sites excluding steroid dienone is 2. The van der Waals surface area contributed by atoms with Gasteiger partial charge in [-0.25, -0.2) is 8.42 Å². The van der Waals surface area contributed by atoms with Crippen molar-refractivity contribution < 1.29 is 8.42 Å². The molecule has 0 aromatic rings. The summed E-state index contributed by atoms with van der Waals surface area (Å²) in [7, 11) is -2.93. The Bertz CT molecular complexity index is 287. The van der Waals surface area contributed by atoms with Crippen LogP contribution in [0.25, 0.3) is 0 Å². The molecule has 0 aliphatic rings. The van der Waals surface area contributed by atoms with Crippen LogP contribution in [0.3, 0.4) is 0 Å². The molecule has 0 aliphatic carbocycles. The van der Waals surface area contributed by atoms with Crippen molar-refractivity contribution >= 4 is 9.84 Å². The highest BCUT2D eigenvalue weighted by atomic mass is 32.2. The van der Waals surface area contributed by atoms with Gasteiger partial charge in [-0.1, -0.05) is 63.8 Å². The monoisotopic (exact) mass is 258 g/mol. The van der Waals surface area contributed by atoms with Gasteiger partial charge in [-0.15, -0.1) is 0 Å². The molecule has 0 amide bonds. The van der Waals surface area contributed by atoms with Gasteiger partial charge < -0.3 is 0 Å². The predicted molar refractivity (Wildman–Crippen MR) is 76.0 cm³/mol. The highest BCUT2D eigenvalue weighted by molar-refractivity contribution is 7.91. The van der Waals surface area contributed by atoms with Crippen LogP contribution in [0.15, 0.2) is 24.3 Å². The van der Waals surface area contributed by atoms with E-state index >= 15 is 0 Å². The summed E-state index contributed by atoms with van der Waals surface area (Å²) in [6, 6.07) is 0. The maximum absolute atomic E-state index is 11.6. The maximum atomic E-state index is 11.6. The van der Waals surface area contributed by atoms with Crippen molar-refractivity contribution in [2.45, 2.75) is 52.4 Å². The Morgan fingerprint density at radius 3 is 1.53 bits per heavy atom. The van der Waals surface area contributed by atoms with E-state index in [-0.39, 0.29) is 11.5 Å². The third-order valence-electron chi connectivity index (χ3n) is 2.48. The van der Waals surface area contributed by atoms with Crippen LogP contribution in [0.5, 0.6) is 0 Å². The molecule has 0 saturated heterocycles. The molecule has 0 N–H and O–H groups in total. The summed E-state index contributed by atoms with van der Waals surface area (Å²) in [4.78, 5) is 0. The normalized spacial score (nSPS) is 12.8. The minimum absolute atomic E-state index is 0.175. The molecule has 0 spiro atoms. The summed E-state index contributed by atoms with van der Waals surface area (Å²) < 4.78 is 23.2. The molecule has 0 unspecified atom stereocenters. The first-order valence-corrected chi connectivity index (χ1v) is 8.45. The molecule has 2 nitrogen and oxygen atoms in total. The van der Waals surface area contributed by atoms with E-state index in [1.807, 2.05) is 12.2 Å². The fourth-order valence-electron chi connectivity index (χ4n) is 1.38. The third-order valence-corrected chi connectivity index (χ3v) is 3.88. The Morgan fingerprint density at radius 2 is 1.18 bits per heavy atom. The van der Waals surface area contributed by atoms with Gasteiger partial charge in [0.1, 0.15) is 0 Å². The fraction of sp³-hybridized carbons (Fsp3) is 0.714. The van der Waals surface area contributed by atoms with Gasteiger partial charge in [0.2, 0.25) is 0 Å². The molecule has 0 aliphatic heterocycles. The summed E-state index contributed by atoms with van der Waals surface area (Å²) in [6.45, 7) is 4.26. The van der Waals surface area contributed by atoms with Crippen molar-refractivity contribution in [3.8, 4) is 0 Å². The van der Waals surface area contributed by atoms with Crippen LogP contribution in [0, 0.1) is 0 Å². The molecule has 0 bridgehead atoms. The second-order valence-corrected chi connectivity index (χ2v) is 6.46. The minimum Gasteiger partial charge on any atom is -0.228 e. The molecule has 0 heterocycles. The summed E-state index contributed by atoms with van der Waals surface area (Å²) >= 11 is 0. The van der Waals surface area contributed by atoms with Gasteiger partial charge in [0.15, 0.2) is 9.84 Å². The van der Waals surface area contributed by atoms with Crippen LogP contribution < -0.4 is 0 Å². The third kappa shape index (κ3) is 11.7. The van der Waals surface area contributed by atoms with Crippen LogP contribution in [0.1, 0.15) is 52.4 Å². The van der Waals surface area contributed by atoms with E-state index in [9.17, 15) is 8.42 Å². The van der Waals surface area contributed by atoms with E-state index < -0.39 is 9.84 Å². The molecule has 0 atom stereocenters. The molecule has 100 valence electrons. The molecule has 0 rings (SSSR count). The average Bonchev–Trinajstić information content (AvgIpc) is 2.28. The van der Waals surface area contributed by atoms with E-state index in [4.69, 9.17) is 0 Å². The van der Waals surface area contributed by atoms with Crippen molar-refractivity contribution in [1.29, 1.82) is 0 Å². The van der Waals surface area contributed by atoms with Gasteiger partial charge >= 0.3 is 0 Å². The molecule has 0 aromatic carbocycles. The Kier molecular flexibility index (Phi) is 10.2. The summed E-state index contributed by atoms with van der Waals surface area (Å²) in [5, 5.41) is 0. The Balaban J connectivity index is 3.80. The number of rotatable bonds is 10. The summed E-state index contributed by atoms with van der Waals surface area (Å²) in [5.74, 6) is 0.351. The topological polar surface area (TPSA) is 34.1 Å². The lowest BCUT2D eigenvalue weighted by atomic mass is 10.2. The van der Waals surface area contributed by atoms with Crippen LogP contribution in [-0.4, -0.2) is 19.9 Å². The number of hydrogen-bond acceptors (Lipinski definition) is 2. The Labute approximate surface area is 107 Å². The SMILES string of the molecule is CCCCC=CCS(=O)(=O)CC=CCCCC. The van der Waals surface area contributed by atoms with Crippen molar-refractivity contribution in [3.63, 3.8) is 0 Å². The first-order valence-electron chi connectivity index (χ1n) is 6.62. The molecule has 0 fully saturated rings. The average molecular weight is 258 g/mol. The molecule has 3 heteroatoms. The van der Waals surface area contributed by atoms with Crippen LogP contribution in [-0.2, 0) is 9.84 Å². The lowest BCUT2D eigenvalue weighted by molar-refractivity contribution is 0.601. The molecule has 17 heavy (non-hydrogen) atoms. The van der Waals surface area contributed by atoms with E-state index in [0.717, 1.165) is 38.5 Å². The zero-order valence-electron chi connectivity index (χ0n) is 11.2. The van der Waals surface area contributed by atoms with Gasteiger partial charge in [-0.3, -0.25) is 0 Å². The highest BCUT2D eigenvalue weighted by Gasteiger charge is 2.04. The second kappa shape index (κ2) is 10.6. The number of unbranched alkanes of at least 4 members (excludes halogenated alkanes) is 4. The van der Waals surface area contributed by atoms with E-state index in [0.29, 0.717) is 0 Å². The first-order chi connectivity index (χ1) is 8.12. The van der Waals surface area contributed by atoms with Gasteiger partial charge in [-0.05, 0) is 12.8 Å². The van der Waals surface area contributed by atoms with E-state index in [1.54, 1.807) is 12.2 Å². The van der Waals surface area contributed by atoms with Crippen molar-refractivity contribution in [1.82, 2.24) is 0 Å². The summed E-state index contributed by atoms with van der Waals surface area (Å²) in [6.07, 6.45) is 14.0. The predicted octanol–water partition coefficient (Wildman–Crippen LogP) is 3.89. The quantitative estimate of drug-likeness (QED) is 0.440. The van der Waals surface area contributed by atoms with E-state index in [2.05, 4.69) is 13.8 Å². The largest absolute Gasteiger partial charge is 0.228 e. The smallest absolute Gasteiger partial charge is 0.157 e. The number of hydrogen-bond donors (Lipinski definition) is 0. The molecular formula is C14H26O2S. The molecule has 0 saturated carbocycles. The molecule has 0 aromatic heterocycles. The second-order valence-electron chi connectivity index (χ2n) is 4.30. The molecular weight excluding hydrogens is 232 g/mol. The van der Waals surface area contributed by atoms with Gasteiger partial charge in [0.25, 0.3) is 0 Å². The van der Waals surface area contributed by atoms with E-state index in [1.165, 1.54) is 0 Å². The van der Waals surface area contributed by atoms with Crippen LogP contribution >= 0.6 is 0 Å².